The average molecular weight is 464 g/mol. The first-order valence-corrected chi connectivity index (χ1v) is 9.26. The van der Waals surface area contributed by atoms with Crippen LogP contribution in [0.5, 0.6) is 34.5 Å². The third-order valence-corrected chi connectivity index (χ3v) is 5.61. The highest BCUT2D eigenvalue weighted by Crippen LogP contribution is 2.60. The molecule has 0 amide bonds. The molecular weight excluding hydrogens is 452 g/mol. The minimum Gasteiger partial charge on any atom is -0.504 e. The van der Waals surface area contributed by atoms with E-state index in [0.717, 1.165) is 24.3 Å². The standard InChI is InChI=1S/C22H12F4O7/c1-30-13-3-7-11(5-9(13)27)32-12-6-10(28)14(31-2)4-8(12)22(7)16-15(21(29)33-22)17(23)19(25)20(26)18(16)24/h3-6,27-28H,1-2H3. The zero-order valence-electron chi connectivity index (χ0n) is 16.8. The molecule has 0 aliphatic carbocycles. The van der Waals surface area contributed by atoms with Crippen LogP contribution in [0.25, 0.3) is 0 Å². The number of esters is 1. The molecule has 2 aliphatic rings. The maximum atomic E-state index is 15.2. The van der Waals surface area contributed by atoms with Crippen molar-refractivity contribution >= 4 is 5.97 Å². The first-order chi connectivity index (χ1) is 15.6. The van der Waals surface area contributed by atoms with Gasteiger partial charge in [-0.05, 0) is 12.1 Å². The molecular formula is C22H12F4O7. The molecule has 5 rings (SSSR count). The Bertz CT molecular complexity index is 1330. The van der Waals surface area contributed by atoms with Crippen molar-refractivity contribution in [1.82, 2.24) is 0 Å². The van der Waals surface area contributed by atoms with Crippen molar-refractivity contribution in [2.45, 2.75) is 5.60 Å². The number of carbonyl (C=O) groups is 1. The molecule has 2 N–H and O–H groups in total. The highest BCUT2D eigenvalue weighted by Gasteiger charge is 2.58. The van der Waals surface area contributed by atoms with Gasteiger partial charge in [0, 0.05) is 12.1 Å². The second-order valence-corrected chi connectivity index (χ2v) is 7.22. The van der Waals surface area contributed by atoms with E-state index in [-0.39, 0.29) is 34.1 Å². The maximum Gasteiger partial charge on any atom is 0.343 e. The van der Waals surface area contributed by atoms with Crippen molar-refractivity contribution in [2.24, 2.45) is 0 Å². The number of carbonyl (C=O) groups excluding carboxylic acids is 1. The van der Waals surface area contributed by atoms with Gasteiger partial charge in [0.25, 0.3) is 0 Å². The van der Waals surface area contributed by atoms with Crippen LogP contribution in [0.1, 0.15) is 27.0 Å². The van der Waals surface area contributed by atoms with Gasteiger partial charge < -0.3 is 29.2 Å². The van der Waals surface area contributed by atoms with Crippen molar-refractivity contribution in [3.63, 3.8) is 0 Å². The van der Waals surface area contributed by atoms with Crippen LogP contribution in [0.15, 0.2) is 24.3 Å². The Morgan fingerprint density at radius 3 is 1.76 bits per heavy atom. The molecule has 0 saturated heterocycles. The zero-order chi connectivity index (χ0) is 23.8. The number of rotatable bonds is 2. The first-order valence-electron chi connectivity index (χ1n) is 9.26. The Hall–Kier alpha value is -4.15. The summed E-state index contributed by atoms with van der Waals surface area (Å²) in [4.78, 5) is 12.7. The predicted octanol–water partition coefficient (Wildman–Crippen LogP) is 4.24. The lowest BCUT2D eigenvalue weighted by atomic mass is 9.77. The molecule has 2 heterocycles. The van der Waals surface area contributed by atoms with Gasteiger partial charge in [-0.2, -0.15) is 0 Å². The lowest BCUT2D eigenvalue weighted by molar-refractivity contribution is 0.0213. The highest BCUT2D eigenvalue weighted by molar-refractivity contribution is 5.97. The number of hydrogen-bond donors (Lipinski definition) is 2. The number of fused-ring (bicyclic) bond motifs is 6. The van der Waals surface area contributed by atoms with Crippen molar-refractivity contribution in [3.8, 4) is 34.5 Å². The fraction of sp³-hybridized carbons (Fsp3) is 0.136. The molecule has 3 aromatic rings. The molecule has 11 heteroatoms. The third kappa shape index (κ3) is 2.47. The van der Waals surface area contributed by atoms with Gasteiger partial charge >= 0.3 is 5.97 Å². The van der Waals surface area contributed by atoms with Crippen molar-refractivity contribution in [1.29, 1.82) is 0 Å². The normalized spacial score (nSPS) is 14.8. The monoisotopic (exact) mass is 464 g/mol. The number of aromatic hydroxyl groups is 2. The van der Waals surface area contributed by atoms with Gasteiger partial charge in [-0.3, -0.25) is 0 Å². The largest absolute Gasteiger partial charge is 0.504 e. The summed E-state index contributed by atoms with van der Waals surface area (Å²) in [6.07, 6.45) is 0. The summed E-state index contributed by atoms with van der Waals surface area (Å²) in [6.45, 7) is 0. The Labute approximate surface area is 182 Å². The minimum absolute atomic E-state index is 0.168. The SMILES string of the molecule is COc1cc2c(cc1O)Oc1cc(O)c(OC)cc1C21OC(=O)c2c(F)c(F)c(F)c(F)c21. The Balaban J connectivity index is 1.99. The molecule has 0 atom stereocenters. The fourth-order valence-corrected chi connectivity index (χ4v) is 4.18. The Kier molecular flexibility index (Phi) is 4.19. The molecule has 2 aliphatic heterocycles. The molecule has 0 radical (unpaired) electrons. The molecule has 3 aromatic carbocycles. The van der Waals surface area contributed by atoms with Crippen molar-refractivity contribution < 1.29 is 51.5 Å². The van der Waals surface area contributed by atoms with E-state index in [1.54, 1.807) is 0 Å². The van der Waals surface area contributed by atoms with E-state index in [0.29, 0.717) is 0 Å². The van der Waals surface area contributed by atoms with Gasteiger partial charge in [-0.25, -0.2) is 22.4 Å². The zero-order valence-corrected chi connectivity index (χ0v) is 16.8. The Morgan fingerprint density at radius 1 is 0.788 bits per heavy atom. The van der Waals surface area contributed by atoms with Crippen LogP contribution in [0.3, 0.4) is 0 Å². The topological polar surface area (TPSA) is 94.5 Å². The van der Waals surface area contributed by atoms with Crippen LogP contribution < -0.4 is 14.2 Å². The predicted molar refractivity (Wildman–Crippen MR) is 101 cm³/mol. The summed E-state index contributed by atoms with van der Waals surface area (Å²) in [5.41, 5.74) is -4.88. The summed E-state index contributed by atoms with van der Waals surface area (Å²) in [5.74, 6) is -11.2. The van der Waals surface area contributed by atoms with E-state index >= 15 is 4.39 Å². The molecule has 0 bridgehead atoms. The molecule has 0 unspecified atom stereocenters. The maximum absolute atomic E-state index is 15.2. The van der Waals surface area contributed by atoms with Crippen molar-refractivity contribution in [3.05, 3.63) is 69.8 Å². The number of ether oxygens (including phenoxy) is 4. The second-order valence-electron chi connectivity index (χ2n) is 7.22. The van der Waals surface area contributed by atoms with Gasteiger partial charge in [0.2, 0.25) is 0 Å². The number of methoxy groups -OCH3 is 2. The number of benzene rings is 3. The van der Waals surface area contributed by atoms with Gasteiger partial charge in [0.15, 0.2) is 51.9 Å². The molecule has 170 valence electrons. The smallest absolute Gasteiger partial charge is 0.343 e. The van der Waals surface area contributed by atoms with Gasteiger partial charge in [0.05, 0.1) is 30.9 Å². The van der Waals surface area contributed by atoms with E-state index < -0.39 is 57.5 Å². The lowest BCUT2D eigenvalue weighted by Gasteiger charge is -2.37. The van der Waals surface area contributed by atoms with E-state index in [1.165, 1.54) is 14.2 Å². The van der Waals surface area contributed by atoms with Crippen molar-refractivity contribution in [2.75, 3.05) is 14.2 Å². The number of phenolic OH excluding ortho intramolecular Hbond substituents is 2. The van der Waals surface area contributed by atoms with Gasteiger partial charge in [-0.1, -0.05) is 0 Å². The summed E-state index contributed by atoms with van der Waals surface area (Å²) in [6, 6.07) is 4.32. The molecule has 0 aromatic heterocycles. The van der Waals surface area contributed by atoms with Crippen LogP contribution in [0, 0.1) is 23.3 Å². The molecule has 1 spiro atoms. The van der Waals surface area contributed by atoms with Crippen LogP contribution in [-0.4, -0.2) is 30.4 Å². The van der Waals surface area contributed by atoms with Crippen LogP contribution >= 0.6 is 0 Å². The summed E-state index contributed by atoms with van der Waals surface area (Å²) in [7, 11) is 2.41. The van der Waals surface area contributed by atoms with Crippen LogP contribution in [0.2, 0.25) is 0 Å². The van der Waals surface area contributed by atoms with E-state index in [1.807, 2.05) is 0 Å². The molecule has 7 nitrogen and oxygen atoms in total. The third-order valence-electron chi connectivity index (χ3n) is 5.61. The highest BCUT2D eigenvalue weighted by atomic mass is 19.2. The Morgan fingerprint density at radius 2 is 1.27 bits per heavy atom. The van der Waals surface area contributed by atoms with E-state index in [2.05, 4.69) is 0 Å². The van der Waals surface area contributed by atoms with E-state index in [9.17, 15) is 28.2 Å². The number of hydrogen-bond acceptors (Lipinski definition) is 7. The summed E-state index contributed by atoms with van der Waals surface area (Å²) < 4.78 is 79.5. The molecule has 33 heavy (non-hydrogen) atoms. The van der Waals surface area contributed by atoms with Crippen LogP contribution in [0.4, 0.5) is 17.6 Å². The lowest BCUT2D eigenvalue weighted by Crippen LogP contribution is -2.34. The first kappa shape index (κ1) is 20.7. The van der Waals surface area contributed by atoms with Gasteiger partial charge in [-0.15, -0.1) is 0 Å². The fourth-order valence-electron chi connectivity index (χ4n) is 4.18. The van der Waals surface area contributed by atoms with Gasteiger partial charge in [0.1, 0.15) is 17.1 Å². The second kappa shape index (κ2) is 6.67. The summed E-state index contributed by atoms with van der Waals surface area (Å²) >= 11 is 0. The summed E-state index contributed by atoms with van der Waals surface area (Å²) in [5, 5.41) is 20.4. The molecule has 0 fully saturated rings. The molecule has 0 saturated carbocycles. The number of phenols is 2. The van der Waals surface area contributed by atoms with E-state index in [4.69, 9.17) is 18.9 Å². The quantitative estimate of drug-likeness (QED) is 0.254. The number of halogens is 4. The average Bonchev–Trinajstić information content (AvgIpc) is 3.09. The van der Waals surface area contributed by atoms with Crippen LogP contribution in [-0.2, 0) is 10.3 Å². The minimum atomic E-state index is -2.41.